The molecule has 2 N–H and O–H groups in total. The summed E-state index contributed by atoms with van der Waals surface area (Å²) < 4.78 is 1.89. The molecule has 0 unspecified atom stereocenters. The van der Waals surface area contributed by atoms with Crippen LogP contribution in [0.25, 0.3) is 28.1 Å². The van der Waals surface area contributed by atoms with E-state index in [0.29, 0.717) is 28.5 Å². The summed E-state index contributed by atoms with van der Waals surface area (Å²) in [7, 11) is 0. The van der Waals surface area contributed by atoms with Gasteiger partial charge in [-0.2, -0.15) is 0 Å². The van der Waals surface area contributed by atoms with Crippen molar-refractivity contribution < 1.29 is 9.90 Å². The molecule has 0 saturated heterocycles. The Hall–Kier alpha value is -3.58. The first-order valence-corrected chi connectivity index (χ1v) is 9.94. The third-order valence-electron chi connectivity index (χ3n) is 5.36. The second-order valence-corrected chi connectivity index (χ2v) is 7.62. The highest BCUT2D eigenvalue weighted by atomic mass is 16.3. The number of carbonyl (C=O) groups is 1. The first kappa shape index (κ1) is 18.4. The number of aromatic nitrogens is 4. The predicted molar refractivity (Wildman–Crippen MR) is 113 cm³/mol. The minimum Gasteiger partial charge on any atom is -0.392 e. The van der Waals surface area contributed by atoms with Crippen molar-refractivity contribution in [2.24, 2.45) is 0 Å². The van der Waals surface area contributed by atoms with Gasteiger partial charge in [0.1, 0.15) is 23.9 Å². The molecule has 7 nitrogen and oxygen atoms in total. The molecule has 2 aromatic carbocycles. The number of amides is 1. The molecule has 7 heteroatoms. The Morgan fingerprint density at radius 2 is 2.03 bits per heavy atom. The molecule has 1 aliphatic rings. The quantitative estimate of drug-likeness (QED) is 0.538. The molecule has 1 amide bonds. The number of aryl methyl sites for hydroxylation is 1. The lowest BCUT2D eigenvalue weighted by atomic mass is 10.1. The number of aliphatic hydroxyl groups excluding tert-OH is 1. The Bertz CT molecular complexity index is 1260. The number of nitrogens with one attached hydrogen (secondary N) is 1. The monoisotopic (exact) mass is 399 g/mol. The molecule has 0 bridgehead atoms. The molecular weight excluding hydrogens is 378 g/mol. The van der Waals surface area contributed by atoms with Gasteiger partial charge in [-0.3, -0.25) is 9.36 Å². The van der Waals surface area contributed by atoms with E-state index in [-0.39, 0.29) is 12.5 Å². The van der Waals surface area contributed by atoms with Gasteiger partial charge in [0.15, 0.2) is 5.65 Å². The minimum absolute atomic E-state index is 0.0363. The zero-order valence-electron chi connectivity index (χ0n) is 16.5. The maximum atomic E-state index is 12.5. The topological polar surface area (TPSA) is 92.9 Å². The van der Waals surface area contributed by atoms with Gasteiger partial charge in [-0.25, -0.2) is 15.0 Å². The highest BCUT2D eigenvalue weighted by Crippen LogP contribution is 2.28. The zero-order valence-corrected chi connectivity index (χ0v) is 16.5. The maximum absolute atomic E-state index is 12.5. The van der Waals surface area contributed by atoms with Gasteiger partial charge in [-0.1, -0.05) is 24.3 Å². The van der Waals surface area contributed by atoms with Crippen LogP contribution in [0.1, 0.15) is 34.3 Å². The number of fused-ring (bicyclic) bond motifs is 1. The summed E-state index contributed by atoms with van der Waals surface area (Å²) in [6.07, 6.45) is 5.33. The van der Waals surface area contributed by atoms with Crippen molar-refractivity contribution in [3.05, 3.63) is 71.8 Å². The van der Waals surface area contributed by atoms with Gasteiger partial charge in [0.25, 0.3) is 5.91 Å². The van der Waals surface area contributed by atoms with Crippen LogP contribution in [0.2, 0.25) is 0 Å². The minimum atomic E-state index is -0.0562. The number of carbonyl (C=O) groups excluding carboxylic acids is 1. The van der Waals surface area contributed by atoms with Crippen LogP contribution in [0.4, 0.5) is 0 Å². The van der Waals surface area contributed by atoms with Crippen molar-refractivity contribution in [1.82, 2.24) is 24.8 Å². The molecule has 0 radical (unpaired) electrons. The van der Waals surface area contributed by atoms with E-state index in [4.69, 9.17) is 0 Å². The van der Waals surface area contributed by atoms with Crippen molar-refractivity contribution in [1.29, 1.82) is 0 Å². The van der Waals surface area contributed by atoms with Crippen molar-refractivity contribution in [2.45, 2.75) is 32.4 Å². The third kappa shape index (κ3) is 3.33. The number of rotatable bonds is 5. The van der Waals surface area contributed by atoms with Gasteiger partial charge in [0.05, 0.1) is 12.3 Å². The SMILES string of the molecule is Cc1ccc(C(=O)NC2CC2)cc1-n1cnc2c(-c3cccc(CO)c3)ncnc21. The normalized spacial score (nSPS) is 13.5. The van der Waals surface area contributed by atoms with Gasteiger partial charge in [0.2, 0.25) is 0 Å². The van der Waals surface area contributed by atoms with Crippen LogP contribution in [0.5, 0.6) is 0 Å². The molecule has 30 heavy (non-hydrogen) atoms. The summed E-state index contributed by atoms with van der Waals surface area (Å²) in [4.78, 5) is 26.0. The number of hydrogen-bond acceptors (Lipinski definition) is 5. The first-order chi connectivity index (χ1) is 14.6. The van der Waals surface area contributed by atoms with Crippen LogP contribution in [-0.2, 0) is 6.61 Å². The van der Waals surface area contributed by atoms with Gasteiger partial charge >= 0.3 is 0 Å². The molecule has 1 fully saturated rings. The molecule has 0 spiro atoms. The molecular formula is C23H21N5O2. The number of nitrogens with zero attached hydrogens (tertiary/aromatic N) is 4. The second kappa shape index (κ2) is 7.35. The summed E-state index contributed by atoms with van der Waals surface area (Å²) in [5.74, 6) is -0.0562. The Morgan fingerprint density at radius 3 is 2.83 bits per heavy atom. The van der Waals surface area contributed by atoms with Crippen LogP contribution in [0.15, 0.2) is 55.1 Å². The Balaban J connectivity index is 1.60. The molecule has 2 heterocycles. The van der Waals surface area contributed by atoms with Crippen molar-refractivity contribution in [2.75, 3.05) is 0 Å². The summed E-state index contributed by atoms with van der Waals surface area (Å²) in [6.45, 7) is 1.96. The lowest BCUT2D eigenvalue weighted by Gasteiger charge is -2.11. The molecule has 1 aliphatic carbocycles. The molecule has 0 aliphatic heterocycles. The van der Waals surface area contributed by atoms with E-state index in [1.165, 1.54) is 6.33 Å². The predicted octanol–water partition coefficient (Wildman–Crippen LogP) is 3.18. The molecule has 2 aromatic heterocycles. The number of benzene rings is 2. The first-order valence-electron chi connectivity index (χ1n) is 9.94. The van der Waals surface area contributed by atoms with Crippen molar-refractivity contribution in [3.63, 3.8) is 0 Å². The summed E-state index contributed by atoms with van der Waals surface area (Å²) in [5.41, 5.74) is 6.20. The third-order valence-corrected chi connectivity index (χ3v) is 5.36. The fraction of sp³-hybridized carbons (Fsp3) is 0.217. The molecule has 0 atom stereocenters. The molecule has 1 saturated carbocycles. The van der Waals surface area contributed by atoms with Gasteiger partial charge < -0.3 is 10.4 Å². The van der Waals surface area contributed by atoms with Crippen molar-refractivity contribution in [3.8, 4) is 16.9 Å². The highest BCUT2D eigenvalue weighted by molar-refractivity contribution is 5.95. The van der Waals surface area contributed by atoms with Gasteiger partial charge in [-0.15, -0.1) is 0 Å². The van der Waals surface area contributed by atoms with E-state index in [2.05, 4.69) is 20.3 Å². The Kier molecular flexibility index (Phi) is 4.52. The maximum Gasteiger partial charge on any atom is 0.251 e. The van der Waals surface area contributed by atoms with Crippen LogP contribution in [-0.4, -0.2) is 36.6 Å². The largest absolute Gasteiger partial charge is 0.392 e. The van der Waals surface area contributed by atoms with Crippen LogP contribution < -0.4 is 5.32 Å². The highest BCUT2D eigenvalue weighted by Gasteiger charge is 2.24. The average Bonchev–Trinajstić information content (AvgIpc) is 3.49. The Labute approximate surface area is 173 Å². The van der Waals surface area contributed by atoms with Crippen LogP contribution in [0.3, 0.4) is 0 Å². The second-order valence-electron chi connectivity index (χ2n) is 7.62. The Morgan fingerprint density at radius 1 is 1.17 bits per heavy atom. The zero-order chi connectivity index (χ0) is 20.7. The van der Waals surface area contributed by atoms with E-state index in [0.717, 1.165) is 35.2 Å². The van der Waals surface area contributed by atoms with E-state index >= 15 is 0 Å². The van der Waals surface area contributed by atoms with E-state index < -0.39 is 0 Å². The lowest BCUT2D eigenvalue weighted by Crippen LogP contribution is -2.25. The van der Waals surface area contributed by atoms with Crippen LogP contribution >= 0.6 is 0 Å². The van der Waals surface area contributed by atoms with Gasteiger partial charge in [0, 0.05) is 17.2 Å². The standard InChI is InChI=1S/C23H21N5O2/c1-14-5-6-17(23(30)27-18-7-8-18)10-19(14)28-13-26-21-20(24-12-25-22(21)28)16-4-2-3-15(9-16)11-29/h2-6,9-10,12-13,18,29H,7-8,11H2,1H3,(H,27,30). The van der Waals surface area contributed by atoms with E-state index in [1.54, 1.807) is 6.33 Å². The summed E-state index contributed by atoms with van der Waals surface area (Å²) in [5, 5.41) is 12.5. The fourth-order valence-corrected chi connectivity index (χ4v) is 3.55. The van der Waals surface area contributed by atoms with E-state index in [9.17, 15) is 9.90 Å². The summed E-state index contributed by atoms with van der Waals surface area (Å²) in [6, 6.07) is 13.6. The molecule has 4 aromatic rings. The average molecular weight is 399 g/mol. The number of aliphatic hydroxyl groups is 1. The number of hydrogen-bond donors (Lipinski definition) is 2. The smallest absolute Gasteiger partial charge is 0.251 e. The van der Waals surface area contributed by atoms with Crippen LogP contribution in [0, 0.1) is 6.92 Å². The fourth-order valence-electron chi connectivity index (χ4n) is 3.55. The molecule has 5 rings (SSSR count). The van der Waals surface area contributed by atoms with Crippen molar-refractivity contribution >= 4 is 17.1 Å². The molecule has 150 valence electrons. The number of imidazole rings is 1. The van der Waals surface area contributed by atoms with E-state index in [1.807, 2.05) is 54.0 Å². The summed E-state index contributed by atoms with van der Waals surface area (Å²) >= 11 is 0. The lowest BCUT2D eigenvalue weighted by molar-refractivity contribution is 0.0951. The van der Waals surface area contributed by atoms with Gasteiger partial charge in [-0.05, 0) is 49.1 Å².